The van der Waals surface area contributed by atoms with Crippen LogP contribution in [0.2, 0.25) is 0 Å². The van der Waals surface area contributed by atoms with Crippen LogP contribution in [0.5, 0.6) is 0 Å². The third-order valence-corrected chi connectivity index (χ3v) is 3.64. The molecule has 3 aromatic rings. The number of fused-ring (bicyclic) bond motifs is 1. The monoisotopic (exact) mass is 299 g/mol. The first-order chi connectivity index (χ1) is 10.6. The molecule has 1 N–H and O–H groups in total. The SMILES string of the molecule is Cc1cc(CCCCn2c(=O)[nH]c(=O)c3ccccc32)on1. The number of aromatic nitrogens is 3. The molecule has 3 rings (SSSR count). The van der Waals surface area contributed by atoms with Crippen molar-refractivity contribution in [3.05, 3.63) is 62.6 Å². The van der Waals surface area contributed by atoms with Crippen molar-refractivity contribution in [2.24, 2.45) is 0 Å². The van der Waals surface area contributed by atoms with Gasteiger partial charge in [0.25, 0.3) is 5.56 Å². The van der Waals surface area contributed by atoms with Gasteiger partial charge < -0.3 is 4.52 Å². The van der Waals surface area contributed by atoms with Crippen molar-refractivity contribution >= 4 is 10.9 Å². The number of H-pyrrole nitrogens is 1. The summed E-state index contributed by atoms with van der Waals surface area (Å²) < 4.78 is 6.77. The normalized spacial score (nSPS) is 11.1. The van der Waals surface area contributed by atoms with Crippen LogP contribution in [0.3, 0.4) is 0 Å². The maximum Gasteiger partial charge on any atom is 0.328 e. The molecule has 0 aliphatic rings. The Balaban J connectivity index is 1.74. The van der Waals surface area contributed by atoms with E-state index in [1.807, 2.05) is 19.1 Å². The lowest BCUT2D eigenvalue weighted by molar-refractivity contribution is 0.374. The fourth-order valence-corrected chi connectivity index (χ4v) is 2.57. The van der Waals surface area contributed by atoms with E-state index in [9.17, 15) is 9.59 Å². The number of rotatable bonds is 5. The van der Waals surface area contributed by atoms with Crippen LogP contribution in [0.25, 0.3) is 10.9 Å². The first-order valence-corrected chi connectivity index (χ1v) is 7.29. The van der Waals surface area contributed by atoms with Gasteiger partial charge in [0.15, 0.2) is 0 Å². The average molecular weight is 299 g/mol. The summed E-state index contributed by atoms with van der Waals surface area (Å²) in [7, 11) is 0. The molecule has 22 heavy (non-hydrogen) atoms. The smallest absolute Gasteiger partial charge is 0.328 e. The van der Waals surface area contributed by atoms with Crippen molar-refractivity contribution in [1.29, 1.82) is 0 Å². The summed E-state index contributed by atoms with van der Waals surface area (Å²) in [6.07, 6.45) is 2.49. The summed E-state index contributed by atoms with van der Waals surface area (Å²) in [4.78, 5) is 26.1. The molecule has 2 aromatic heterocycles. The molecule has 0 aliphatic heterocycles. The first-order valence-electron chi connectivity index (χ1n) is 7.29. The van der Waals surface area contributed by atoms with Crippen molar-refractivity contribution in [1.82, 2.24) is 14.7 Å². The van der Waals surface area contributed by atoms with E-state index in [1.165, 1.54) is 0 Å². The molecule has 0 atom stereocenters. The number of nitrogens with one attached hydrogen (secondary N) is 1. The van der Waals surface area contributed by atoms with Crippen molar-refractivity contribution < 1.29 is 4.52 Å². The first kappa shape index (κ1) is 14.3. The number of hydrogen-bond acceptors (Lipinski definition) is 4. The number of nitrogens with zero attached hydrogens (tertiary/aromatic N) is 2. The molecular formula is C16H17N3O3. The van der Waals surface area contributed by atoms with Gasteiger partial charge in [0.2, 0.25) is 0 Å². The van der Waals surface area contributed by atoms with Crippen LogP contribution in [0.15, 0.2) is 44.4 Å². The zero-order valence-corrected chi connectivity index (χ0v) is 12.3. The summed E-state index contributed by atoms with van der Waals surface area (Å²) in [5.41, 5.74) is 0.845. The second-order valence-corrected chi connectivity index (χ2v) is 5.32. The Kier molecular flexibility index (Phi) is 3.91. The number of hydrogen-bond donors (Lipinski definition) is 1. The topological polar surface area (TPSA) is 80.9 Å². The van der Waals surface area contributed by atoms with Crippen LogP contribution in [0.1, 0.15) is 24.3 Å². The van der Waals surface area contributed by atoms with Crippen molar-refractivity contribution in [2.75, 3.05) is 0 Å². The van der Waals surface area contributed by atoms with E-state index in [1.54, 1.807) is 22.8 Å². The highest BCUT2D eigenvalue weighted by atomic mass is 16.5. The Hall–Kier alpha value is -2.63. The molecule has 0 amide bonds. The van der Waals surface area contributed by atoms with E-state index in [0.29, 0.717) is 17.4 Å². The lowest BCUT2D eigenvalue weighted by atomic mass is 10.2. The maximum absolute atomic E-state index is 12.0. The molecule has 1 aromatic carbocycles. The summed E-state index contributed by atoms with van der Waals surface area (Å²) in [5.74, 6) is 0.858. The Labute approximate surface area is 126 Å². The van der Waals surface area contributed by atoms with E-state index in [0.717, 1.165) is 30.7 Å². The molecular weight excluding hydrogens is 282 g/mol. The Morgan fingerprint density at radius 3 is 2.82 bits per heavy atom. The van der Waals surface area contributed by atoms with E-state index in [2.05, 4.69) is 10.1 Å². The van der Waals surface area contributed by atoms with Gasteiger partial charge in [0.1, 0.15) is 5.76 Å². The Morgan fingerprint density at radius 2 is 2.05 bits per heavy atom. The number of para-hydroxylation sites is 1. The number of aryl methyl sites for hydroxylation is 3. The molecule has 0 bridgehead atoms. The van der Waals surface area contributed by atoms with E-state index in [-0.39, 0.29) is 11.2 Å². The van der Waals surface area contributed by atoms with Gasteiger partial charge in [0, 0.05) is 19.0 Å². The van der Waals surface area contributed by atoms with Gasteiger partial charge in [0.05, 0.1) is 16.6 Å². The number of aromatic amines is 1. The van der Waals surface area contributed by atoms with Crippen LogP contribution >= 0.6 is 0 Å². The van der Waals surface area contributed by atoms with Gasteiger partial charge in [-0.15, -0.1) is 0 Å². The molecule has 0 fully saturated rings. The molecule has 6 heteroatoms. The van der Waals surface area contributed by atoms with Crippen molar-refractivity contribution in [2.45, 2.75) is 32.7 Å². The van der Waals surface area contributed by atoms with Crippen LogP contribution in [0, 0.1) is 6.92 Å². The van der Waals surface area contributed by atoms with Gasteiger partial charge >= 0.3 is 5.69 Å². The lowest BCUT2D eigenvalue weighted by Crippen LogP contribution is -2.30. The van der Waals surface area contributed by atoms with E-state index < -0.39 is 0 Å². The molecule has 6 nitrogen and oxygen atoms in total. The molecule has 0 saturated heterocycles. The predicted octanol–water partition coefficient (Wildman–Crippen LogP) is 2.01. The summed E-state index contributed by atoms with van der Waals surface area (Å²) in [6.45, 7) is 2.45. The largest absolute Gasteiger partial charge is 0.361 e. The molecule has 0 aliphatic carbocycles. The molecule has 0 unspecified atom stereocenters. The molecule has 0 spiro atoms. The van der Waals surface area contributed by atoms with Crippen LogP contribution < -0.4 is 11.2 Å². The minimum Gasteiger partial charge on any atom is -0.361 e. The van der Waals surface area contributed by atoms with Gasteiger partial charge in [-0.05, 0) is 31.9 Å². The highest BCUT2D eigenvalue weighted by Gasteiger charge is 2.07. The summed E-state index contributed by atoms with van der Waals surface area (Å²) >= 11 is 0. The van der Waals surface area contributed by atoms with Crippen LogP contribution in [-0.4, -0.2) is 14.7 Å². The van der Waals surface area contributed by atoms with Gasteiger partial charge in [-0.3, -0.25) is 14.3 Å². The van der Waals surface area contributed by atoms with Crippen molar-refractivity contribution in [3.8, 4) is 0 Å². The zero-order chi connectivity index (χ0) is 15.5. The average Bonchev–Trinajstić information content (AvgIpc) is 2.92. The molecule has 114 valence electrons. The van der Waals surface area contributed by atoms with Gasteiger partial charge in [-0.1, -0.05) is 17.3 Å². The highest BCUT2D eigenvalue weighted by molar-refractivity contribution is 5.77. The molecule has 0 radical (unpaired) electrons. The Morgan fingerprint density at radius 1 is 1.23 bits per heavy atom. The summed E-state index contributed by atoms with van der Waals surface area (Å²) in [5, 5.41) is 4.38. The summed E-state index contributed by atoms with van der Waals surface area (Å²) in [6, 6.07) is 9.06. The Bertz CT molecular complexity index is 905. The number of benzene rings is 1. The lowest BCUT2D eigenvalue weighted by Gasteiger charge is -2.08. The van der Waals surface area contributed by atoms with Gasteiger partial charge in [-0.2, -0.15) is 0 Å². The minimum atomic E-state index is -0.362. The second kappa shape index (κ2) is 6.01. The molecule has 2 heterocycles. The number of unbranched alkanes of at least 4 members (excludes halogenated alkanes) is 1. The van der Waals surface area contributed by atoms with Crippen LogP contribution in [0.4, 0.5) is 0 Å². The maximum atomic E-state index is 12.0. The fraction of sp³-hybridized carbons (Fsp3) is 0.312. The second-order valence-electron chi connectivity index (χ2n) is 5.32. The zero-order valence-electron chi connectivity index (χ0n) is 12.3. The van der Waals surface area contributed by atoms with Crippen LogP contribution in [-0.2, 0) is 13.0 Å². The fourth-order valence-electron chi connectivity index (χ4n) is 2.57. The quantitative estimate of drug-likeness (QED) is 0.731. The standard InChI is InChI=1S/C16H17N3O3/c1-11-10-12(22-18-11)6-4-5-9-19-14-8-3-2-7-13(14)15(20)17-16(19)21/h2-3,7-8,10H,4-6,9H2,1H3,(H,17,20,21). The van der Waals surface area contributed by atoms with Gasteiger partial charge in [-0.25, -0.2) is 4.79 Å². The predicted molar refractivity (Wildman–Crippen MR) is 83.0 cm³/mol. The highest BCUT2D eigenvalue weighted by Crippen LogP contribution is 2.10. The van der Waals surface area contributed by atoms with Crippen molar-refractivity contribution in [3.63, 3.8) is 0 Å². The molecule has 0 saturated carbocycles. The van der Waals surface area contributed by atoms with E-state index in [4.69, 9.17) is 4.52 Å². The minimum absolute atomic E-state index is 0.339. The van der Waals surface area contributed by atoms with E-state index >= 15 is 0 Å². The third-order valence-electron chi connectivity index (χ3n) is 3.64. The third kappa shape index (κ3) is 2.86.